The monoisotopic (exact) mass is 382 g/mol. The normalized spacial score (nSPS) is 19.7. The first-order chi connectivity index (χ1) is 13.7. The van der Waals surface area contributed by atoms with Gasteiger partial charge in [-0.25, -0.2) is 9.97 Å². The number of aliphatic hydroxyl groups excluding tert-OH is 1. The van der Waals surface area contributed by atoms with E-state index in [4.69, 9.17) is 4.74 Å². The van der Waals surface area contributed by atoms with Gasteiger partial charge in [-0.3, -0.25) is 4.90 Å². The highest BCUT2D eigenvalue weighted by atomic mass is 16.5. The van der Waals surface area contributed by atoms with E-state index < -0.39 is 0 Å². The Morgan fingerprint density at radius 3 is 2.89 bits per heavy atom. The number of nitrogens with zero attached hydrogens (tertiary/aromatic N) is 4. The van der Waals surface area contributed by atoms with E-state index in [0.29, 0.717) is 18.6 Å². The van der Waals surface area contributed by atoms with E-state index in [1.807, 2.05) is 12.1 Å². The number of anilines is 1. The Morgan fingerprint density at radius 1 is 1.21 bits per heavy atom. The van der Waals surface area contributed by atoms with Crippen molar-refractivity contribution in [3.05, 3.63) is 47.4 Å². The van der Waals surface area contributed by atoms with Crippen molar-refractivity contribution in [2.75, 3.05) is 37.7 Å². The summed E-state index contributed by atoms with van der Waals surface area (Å²) in [5, 5.41) is 9.58. The first-order valence-corrected chi connectivity index (χ1v) is 10.3. The average Bonchev–Trinajstić information content (AvgIpc) is 2.88. The summed E-state index contributed by atoms with van der Waals surface area (Å²) >= 11 is 0. The summed E-state index contributed by atoms with van der Waals surface area (Å²) < 4.78 is 5.99. The van der Waals surface area contributed by atoms with Crippen molar-refractivity contribution in [1.29, 1.82) is 0 Å². The van der Waals surface area contributed by atoms with Crippen LogP contribution in [0.5, 0.6) is 5.75 Å². The Kier molecular flexibility index (Phi) is 5.78. The lowest BCUT2D eigenvalue weighted by Gasteiger charge is -2.43. The van der Waals surface area contributed by atoms with Gasteiger partial charge in [0.1, 0.15) is 24.5 Å². The van der Waals surface area contributed by atoms with Crippen molar-refractivity contribution < 1.29 is 9.84 Å². The number of para-hydroxylation sites is 1. The van der Waals surface area contributed by atoms with Gasteiger partial charge in [-0.1, -0.05) is 32.0 Å². The van der Waals surface area contributed by atoms with E-state index in [1.54, 1.807) is 6.33 Å². The van der Waals surface area contributed by atoms with Crippen molar-refractivity contribution in [1.82, 2.24) is 14.9 Å². The van der Waals surface area contributed by atoms with E-state index in [2.05, 4.69) is 45.7 Å². The van der Waals surface area contributed by atoms with Crippen molar-refractivity contribution >= 4 is 5.82 Å². The Hall–Kier alpha value is -2.18. The van der Waals surface area contributed by atoms with Crippen molar-refractivity contribution in [2.24, 2.45) is 5.92 Å². The molecule has 6 heteroatoms. The van der Waals surface area contributed by atoms with Gasteiger partial charge in [0.2, 0.25) is 0 Å². The number of aliphatic hydroxyl groups is 1. The molecule has 0 amide bonds. The molecule has 0 unspecified atom stereocenters. The maximum absolute atomic E-state index is 9.58. The highest BCUT2D eigenvalue weighted by Crippen LogP contribution is 2.32. The molecule has 28 heavy (non-hydrogen) atoms. The number of rotatable bonds is 5. The SMILES string of the molecule is CC(C)CN1CCN(c2ncnc3c2Cc2ccccc2OC3)C[C@H]1CCO. The zero-order valence-corrected chi connectivity index (χ0v) is 16.8. The van der Waals surface area contributed by atoms with E-state index in [-0.39, 0.29) is 6.61 Å². The fourth-order valence-electron chi connectivity index (χ4n) is 4.36. The summed E-state index contributed by atoms with van der Waals surface area (Å²) in [5.41, 5.74) is 3.33. The Morgan fingerprint density at radius 2 is 2.07 bits per heavy atom. The second-order valence-electron chi connectivity index (χ2n) is 8.20. The summed E-state index contributed by atoms with van der Waals surface area (Å²) in [6.45, 7) is 9.11. The van der Waals surface area contributed by atoms with Gasteiger partial charge in [-0.05, 0) is 24.0 Å². The smallest absolute Gasteiger partial charge is 0.136 e. The summed E-state index contributed by atoms with van der Waals surface area (Å²) in [4.78, 5) is 14.1. The van der Waals surface area contributed by atoms with Crippen molar-refractivity contribution in [2.45, 2.75) is 39.3 Å². The van der Waals surface area contributed by atoms with Crippen LogP contribution in [0.15, 0.2) is 30.6 Å². The van der Waals surface area contributed by atoms with Gasteiger partial charge >= 0.3 is 0 Å². The fraction of sp³-hybridized carbons (Fsp3) is 0.545. The summed E-state index contributed by atoms with van der Waals surface area (Å²) in [7, 11) is 0. The predicted molar refractivity (Wildman–Crippen MR) is 110 cm³/mol. The Bertz CT molecular complexity index is 811. The van der Waals surface area contributed by atoms with Gasteiger partial charge in [-0.15, -0.1) is 0 Å². The van der Waals surface area contributed by atoms with E-state index in [0.717, 1.165) is 56.3 Å². The fourth-order valence-corrected chi connectivity index (χ4v) is 4.36. The highest BCUT2D eigenvalue weighted by Gasteiger charge is 2.30. The summed E-state index contributed by atoms with van der Waals surface area (Å²) in [5.74, 6) is 2.58. The molecular weight excluding hydrogens is 352 g/mol. The van der Waals surface area contributed by atoms with Gasteiger partial charge in [0.05, 0.1) is 5.69 Å². The van der Waals surface area contributed by atoms with Crippen LogP contribution in [-0.4, -0.2) is 58.8 Å². The molecule has 1 atom stereocenters. The Balaban J connectivity index is 1.61. The van der Waals surface area contributed by atoms with Crippen molar-refractivity contribution in [3.8, 4) is 5.75 Å². The molecule has 0 saturated carbocycles. The zero-order chi connectivity index (χ0) is 19.5. The van der Waals surface area contributed by atoms with E-state index in [9.17, 15) is 5.11 Å². The molecule has 1 fully saturated rings. The number of aromatic nitrogens is 2. The molecule has 0 bridgehead atoms. The average molecular weight is 383 g/mol. The van der Waals surface area contributed by atoms with Crippen LogP contribution in [0, 0.1) is 5.92 Å². The number of hydrogen-bond acceptors (Lipinski definition) is 6. The molecule has 0 aliphatic carbocycles. The number of piperazine rings is 1. The third-order valence-corrected chi connectivity index (χ3v) is 5.68. The molecule has 2 aliphatic rings. The van der Waals surface area contributed by atoms with Crippen LogP contribution < -0.4 is 9.64 Å². The quantitative estimate of drug-likeness (QED) is 0.857. The second kappa shape index (κ2) is 8.45. The summed E-state index contributed by atoms with van der Waals surface area (Å²) in [6, 6.07) is 8.56. The standard InChI is InChI=1S/C22H30N4O2/c1-16(2)12-25-8-9-26(13-18(25)7-10-27)22-19-11-17-5-3-4-6-21(17)28-14-20(19)23-15-24-22/h3-6,15-16,18,27H,7-14H2,1-2H3/t18-/m1/s1. The van der Waals surface area contributed by atoms with Gasteiger partial charge in [-0.2, -0.15) is 0 Å². The number of fused-ring (bicyclic) bond motifs is 2. The van der Waals surface area contributed by atoms with Crippen LogP contribution in [0.2, 0.25) is 0 Å². The number of ether oxygens (including phenoxy) is 1. The molecule has 2 aliphatic heterocycles. The molecule has 150 valence electrons. The third kappa shape index (κ3) is 3.98. The second-order valence-corrected chi connectivity index (χ2v) is 8.20. The van der Waals surface area contributed by atoms with Crippen LogP contribution in [0.4, 0.5) is 5.82 Å². The minimum atomic E-state index is 0.218. The lowest BCUT2D eigenvalue weighted by atomic mass is 10.0. The Labute approximate surface area is 167 Å². The number of benzene rings is 1. The third-order valence-electron chi connectivity index (χ3n) is 5.68. The van der Waals surface area contributed by atoms with Crippen LogP contribution >= 0.6 is 0 Å². The van der Waals surface area contributed by atoms with Crippen LogP contribution in [0.3, 0.4) is 0 Å². The predicted octanol–water partition coefficient (Wildman–Crippen LogP) is 2.49. The molecule has 3 heterocycles. The molecule has 4 rings (SSSR count). The van der Waals surface area contributed by atoms with Gasteiger partial charge in [0.15, 0.2) is 0 Å². The minimum Gasteiger partial charge on any atom is -0.487 e. The lowest BCUT2D eigenvalue weighted by molar-refractivity contribution is 0.128. The maximum Gasteiger partial charge on any atom is 0.136 e. The molecule has 2 aromatic rings. The van der Waals surface area contributed by atoms with E-state index in [1.165, 1.54) is 11.1 Å². The topological polar surface area (TPSA) is 61.7 Å². The van der Waals surface area contributed by atoms with Crippen LogP contribution in [0.1, 0.15) is 37.1 Å². The van der Waals surface area contributed by atoms with Gasteiger partial charge < -0.3 is 14.7 Å². The van der Waals surface area contributed by atoms with E-state index >= 15 is 0 Å². The van der Waals surface area contributed by atoms with Gasteiger partial charge in [0, 0.05) is 50.8 Å². The molecule has 1 aromatic carbocycles. The lowest BCUT2D eigenvalue weighted by Crippen LogP contribution is -2.54. The van der Waals surface area contributed by atoms with Crippen LogP contribution in [-0.2, 0) is 13.0 Å². The molecular formula is C22H30N4O2. The largest absolute Gasteiger partial charge is 0.487 e. The zero-order valence-electron chi connectivity index (χ0n) is 16.8. The maximum atomic E-state index is 9.58. The molecule has 6 nitrogen and oxygen atoms in total. The van der Waals surface area contributed by atoms with Crippen molar-refractivity contribution in [3.63, 3.8) is 0 Å². The molecule has 0 spiro atoms. The first kappa shape index (κ1) is 19.2. The first-order valence-electron chi connectivity index (χ1n) is 10.3. The minimum absolute atomic E-state index is 0.218. The molecule has 1 aromatic heterocycles. The molecule has 1 N–H and O–H groups in total. The highest BCUT2D eigenvalue weighted by molar-refractivity contribution is 5.53. The number of hydrogen-bond donors (Lipinski definition) is 1. The van der Waals surface area contributed by atoms with Crippen LogP contribution in [0.25, 0.3) is 0 Å². The molecule has 0 radical (unpaired) electrons. The molecule has 1 saturated heterocycles. The van der Waals surface area contributed by atoms with Gasteiger partial charge in [0.25, 0.3) is 0 Å². The summed E-state index contributed by atoms with van der Waals surface area (Å²) in [6.07, 6.45) is 3.25.